The van der Waals surface area contributed by atoms with Crippen molar-refractivity contribution in [3.05, 3.63) is 71.8 Å². The van der Waals surface area contributed by atoms with Gasteiger partial charge in [0, 0.05) is 26.2 Å². The number of amides is 2. The van der Waals surface area contributed by atoms with Crippen molar-refractivity contribution in [2.75, 3.05) is 26.2 Å². The van der Waals surface area contributed by atoms with E-state index in [4.69, 9.17) is 35.9 Å². The van der Waals surface area contributed by atoms with Crippen LogP contribution in [0.1, 0.15) is 89.2 Å². The third-order valence-electron chi connectivity index (χ3n) is 7.88. The van der Waals surface area contributed by atoms with Gasteiger partial charge in [0.2, 0.25) is 11.8 Å². The van der Waals surface area contributed by atoms with Crippen molar-refractivity contribution in [2.24, 2.45) is 11.5 Å². The van der Waals surface area contributed by atoms with E-state index in [1.165, 1.54) is 12.8 Å². The Hall–Kier alpha value is -2.92. The number of rotatable bonds is 21. The van der Waals surface area contributed by atoms with Crippen LogP contribution < -0.4 is 22.1 Å². The first-order valence-electron chi connectivity index (χ1n) is 17.1. The normalized spacial score (nSPS) is 12.2. The smallest absolute Gasteiger partial charge is 0.245 e. The Kier molecular flexibility index (Phi) is 20.0. The molecule has 0 bridgehead atoms. The van der Waals surface area contributed by atoms with E-state index in [2.05, 4.69) is 24.5 Å². The fourth-order valence-corrected chi connectivity index (χ4v) is 5.73. The molecule has 0 saturated heterocycles. The lowest BCUT2D eigenvalue weighted by atomic mass is 10.1. The Morgan fingerprint density at radius 2 is 0.978 bits per heavy atom. The molecule has 2 rings (SSSR count). The van der Waals surface area contributed by atoms with Gasteiger partial charge in [-0.05, 0) is 74.1 Å². The van der Waals surface area contributed by atoms with Gasteiger partial charge in [0.05, 0.1) is 12.1 Å². The highest BCUT2D eigenvalue weighted by Gasteiger charge is 2.26. The van der Waals surface area contributed by atoms with Gasteiger partial charge in [-0.1, -0.05) is 113 Å². The number of benzene rings is 2. The van der Waals surface area contributed by atoms with E-state index in [0.29, 0.717) is 62.1 Å². The molecule has 0 aliphatic rings. The summed E-state index contributed by atoms with van der Waals surface area (Å²) in [6.07, 6.45) is 10.9. The predicted octanol–water partition coefficient (Wildman–Crippen LogP) is 5.47. The molecule has 0 spiro atoms. The van der Waals surface area contributed by atoms with E-state index in [1.54, 1.807) is 9.80 Å². The highest BCUT2D eigenvalue weighted by Crippen LogP contribution is 2.10. The number of carbonyl (C=O) groups excluding carboxylic acids is 2. The molecule has 46 heavy (non-hydrogen) atoms. The van der Waals surface area contributed by atoms with Gasteiger partial charge in [0.15, 0.2) is 10.2 Å². The zero-order valence-corrected chi connectivity index (χ0v) is 29.6. The minimum atomic E-state index is -0.721. The summed E-state index contributed by atoms with van der Waals surface area (Å²) in [7, 11) is 0. The summed E-state index contributed by atoms with van der Waals surface area (Å²) >= 11 is 11.4. The molecule has 0 radical (unpaired) electrons. The van der Waals surface area contributed by atoms with E-state index < -0.39 is 12.1 Å². The minimum Gasteiger partial charge on any atom is -0.362 e. The van der Waals surface area contributed by atoms with E-state index in [1.807, 2.05) is 60.7 Å². The Morgan fingerprint density at radius 1 is 0.609 bits per heavy atom. The van der Waals surface area contributed by atoms with Crippen molar-refractivity contribution < 1.29 is 9.59 Å². The topological polar surface area (TPSA) is 117 Å². The molecular formula is C36H56N6O2S2. The van der Waals surface area contributed by atoms with Crippen molar-refractivity contribution in [1.29, 1.82) is 0 Å². The average molecular weight is 669 g/mol. The van der Waals surface area contributed by atoms with Gasteiger partial charge in [-0.15, -0.1) is 0 Å². The summed E-state index contributed by atoms with van der Waals surface area (Å²) in [4.78, 5) is 30.4. The first kappa shape index (κ1) is 39.3. The third-order valence-corrected chi connectivity index (χ3v) is 8.61. The second-order valence-corrected chi connectivity index (χ2v) is 12.6. The second kappa shape index (κ2) is 23.4. The van der Waals surface area contributed by atoms with E-state index >= 15 is 0 Å². The molecule has 2 atom stereocenters. The summed E-state index contributed by atoms with van der Waals surface area (Å²) in [5, 5.41) is 7.34. The molecule has 254 valence electrons. The monoisotopic (exact) mass is 668 g/mol. The quantitative estimate of drug-likeness (QED) is 0.102. The zero-order chi connectivity index (χ0) is 33.6. The maximum absolute atomic E-state index is 13.6. The molecule has 0 aromatic heterocycles. The average Bonchev–Trinajstić information content (AvgIpc) is 3.06. The second-order valence-electron chi connectivity index (χ2n) is 11.9. The summed E-state index contributed by atoms with van der Waals surface area (Å²) in [5.41, 5.74) is 14.8. The number of nitrogens with one attached hydrogen (secondary N) is 2. The molecule has 0 fully saturated rings. The van der Waals surface area contributed by atoms with Crippen LogP contribution in [0.5, 0.6) is 0 Å². The van der Waals surface area contributed by atoms with Crippen molar-refractivity contribution >= 4 is 46.5 Å². The highest BCUT2D eigenvalue weighted by atomic mass is 32.1. The van der Waals surface area contributed by atoms with Crippen molar-refractivity contribution in [2.45, 2.75) is 103 Å². The lowest BCUT2D eigenvalue weighted by Crippen LogP contribution is -2.52. The molecule has 10 heteroatoms. The Morgan fingerprint density at radius 3 is 1.33 bits per heavy atom. The van der Waals surface area contributed by atoms with Gasteiger partial charge in [-0.2, -0.15) is 0 Å². The van der Waals surface area contributed by atoms with Gasteiger partial charge in [0.25, 0.3) is 0 Å². The van der Waals surface area contributed by atoms with Crippen LogP contribution in [0.4, 0.5) is 0 Å². The molecule has 0 saturated carbocycles. The molecule has 0 aliphatic carbocycles. The molecule has 0 heterocycles. The summed E-state index contributed by atoms with van der Waals surface area (Å²) < 4.78 is 0. The molecule has 2 aromatic carbocycles. The SMILES string of the molecule is CCCCCCNC(=S)N(CCCCN(C(=O)[C@@H](N)Cc1ccccc1)C(=S)NCCCCCC)C(=O)[C@@H](N)Cc1ccccc1. The van der Waals surface area contributed by atoms with Crippen LogP contribution in [0.25, 0.3) is 0 Å². The van der Waals surface area contributed by atoms with Gasteiger partial charge >= 0.3 is 0 Å². The van der Waals surface area contributed by atoms with Crippen LogP contribution in [-0.2, 0) is 22.4 Å². The van der Waals surface area contributed by atoms with Crippen LogP contribution in [0.3, 0.4) is 0 Å². The lowest BCUT2D eigenvalue weighted by molar-refractivity contribution is -0.130. The Bertz CT molecular complexity index is 1080. The summed E-state index contributed by atoms with van der Waals surface area (Å²) in [6.45, 7) is 6.53. The van der Waals surface area contributed by atoms with E-state index in [9.17, 15) is 9.59 Å². The van der Waals surface area contributed by atoms with Crippen LogP contribution in [0, 0.1) is 0 Å². The van der Waals surface area contributed by atoms with Crippen LogP contribution in [0.2, 0.25) is 0 Å². The summed E-state index contributed by atoms with van der Waals surface area (Å²) in [5.74, 6) is -0.422. The lowest BCUT2D eigenvalue weighted by Gasteiger charge is -2.29. The molecule has 8 nitrogen and oxygen atoms in total. The fraction of sp³-hybridized carbons (Fsp3) is 0.556. The first-order valence-corrected chi connectivity index (χ1v) is 17.9. The Labute approximate surface area is 288 Å². The number of thiocarbonyl (C=S) groups is 2. The maximum Gasteiger partial charge on any atom is 0.245 e. The molecule has 2 amide bonds. The van der Waals surface area contributed by atoms with Crippen molar-refractivity contribution in [1.82, 2.24) is 20.4 Å². The van der Waals surface area contributed by atoms with Crippen LogP contribution >= 0.6 is 24.4 Å². The third kappa shape index (κ3) is 15.1. The van der Waals surface area contributed by atoms with Gasteiger partial charge in [0.1, 0.15) is 0 Å². The minimum absolute atomic E-state index is 0.211. The van der Waals surface area contributed by atoms with Crippen molar-refractivity contribution in [3.8, 4) is 0 Å². The van der Waals surface area contributed by atoms with Crippen LogP contribution in [-0.4, -0.2) is 70.1 Å². The number of nitrogens with zero attached hydrogens (tertiary/aromatic N) is 2. The fourth-order valence-electron chi connectivity index (χ4n) is 5.16. The van der Waals surface area contributed by atoms with Gasteiger partial charge in [-0.25, -0.2) is 0 Å². The first-order chi connectivity index (χ1) is 22.3. The summed E-state index contributed by atoms with van der Waals surface area (Å²) in [6, 6.07) is 18.1. The maximum atomic E-state index is 13.6. The van der Waals surface area contributed by atoms with Crippen molar-refractivity contribution in [3.63, 3.8) is 0 Å². The van der Waals surface area contributed by atoms with Gasteiger partial charge < -0.3 is 22.1 Å². The largest absolute Gasteiger partial charge is 0.362 e. The predicted molar refractivity (Wildman–Crippen MR) is 198 cm³/mol. The number of hydrogen-bond donors (Lipinski definition) is 4. The highest BCUT2D eigenvalue weighted by molar-refractivity contribution is 7.80. The Balaban J connectivity index is 2.06. The standard InChI is InChI=1S/C36H56N6O2S2/c1-3-5-7-15-23-39-35(45)41(33(43)31(37)27-29-19-11-9-12-20-29)25-17-18-26-42(36(46)40-24-16-8-6-4-2)34(44)32(38)28-30-21-13-10-14-22-30/h9-14,19-22,31-32H,3-8,15-18,23-28,37-38H2,1-2H3,(H,39,45)(H,40,46)/t31-,32-/m0/s1. The number of carbonyl (C=O) groups is 2. The molecule has 0 aliphatic heterocycles. The molecule has 2 aromatic rings. The zero-order valence-electron chi connectivity index (χ0n) is 27.9. The molecule has 6 N–H and O–H groups in total. The number of unbranched alkanes of at least 4 members (excludes halogenated alkanes) is 7. The number of hydrogen-bond acceptors (Lipinski definition) is 6. The van der Waals surface area contributed by atoms with E-state index in [-0.39, 0.29) is 11.8 Å². The van der Waals surface area contributed by atoms with E-state index in [0.717, 1.165) is 49.7 Å². The molecular weight excluding hydrogens is 613 g/mol. The van der Waals surface area contributed by atoms with Gasteiger partial charge in [-0.3, -0.25) is 19.4 Å². The molecule has 0 unspecified atom stereocenters. The number of nitrogens with two attached hydrogens (primary N) is 2. The van der Waals surface area contributed by atoms with Crippen LogP contribution in [0.15, 0.2) is 60.7 Å².